The number of fused-ring (bicyclic) bond motifs is 2. The second-order valence-electron chi connectivity index (χ2n) is 8.30. The van der Waals surface area contributed by atoms with Crippen molar-refractivity contribution in [3.05, 3.63) is 77.9 Å². The fourth-order valence-electron chi connectivity index (χ4n) is 4.91. The quantitative estimate of drug-likeness (QED) is 0.551. The van der Waals surface area contributed by atoms with Crippen LogP contribution in [0.2, 0.25) is 0 Å². The number of nitrogens with zero attached hydrogens (tertiary/aromatic N) is 3. The van der Waals surface area contributed by atoms with Crippen molar-refractivity contribution in [1.82, 2.24) is 14.9 Å². The van der Waals surface area contributed by atoms with E-state index in [9.17, 15) is 22.4 Å². The Morgan fingerprint density at radius 1 is 1.03 bits per heavy atom. The highest BCUT2D eigenvalue weighted by Crippen LogP contribution is 2.41. The number of pyridine rings is 2. The Kier molecular flexibility index (Phi) is 5.26. The average molecular weight is 456 g/mol. The third-order valence-corrected chi connectivity index (χ3v) is 6.36. The molecule has 33 heavy (non-hydrogen) atoms. The molecule has 2 aliphatic heterocycles. The summed E-state index contributed by atoms with van der Waals surface area (Å²) in [6.07, 6.45) is 0.119. The van der Waals surface area contributed by atoms with E-state index in [0.717, 1.165) is 25.1 Å². The van der Waals surface area contributed by atoms with E-state index >= 15 is 0 Å². The molecule has 1 aromatic carbocycles. The first-order chi connectivity index (χ1) is 15.8. The van der Waals surface area contributed by atoms with Crippen LogP contribution < -0.4 is 5.32 Å². The molecule has 2 saturated heterocycles. The maximum absolute atomic E-state index is 14.8. The zero-order valence-corrected chi connectivity index (χ0v) is 17.4. The summed E-state index contributed by atoms with van der Waals surface area (Å²) < 4.78 is 53.2. The fraction of sp³-hybridized carbons (Fsp3) is 0.292. The summed E-state index contributed by atoms with van der Waals surface area (Å²) in [6, 6.07) is 11.5. The van der Waals surface area contributed by atoms with E-state index < -0.39 is 17.6 Å². The lowest BCUT2D eigenvalue weighted by atomic mass is 9.95. The van der Waals surface area contributed by atoms with Gasteiger partial charge in [-0.3, -0.25) is 9.78 Å². The highest BCUT2D eigenvalue weighted by molar-refractivity contribution is 6.01. The molecule has 0 aliphatic carbocycles. The molecular weight excluding hydrogens is 436 g/mol. The number of aromatic nitrogens is 2. The maximum Gasteiger partial charge on any atom is 0.417 e. The molecule has 2 bridgehead atoms. The molecule has 1 amide bonds. The molecule has 2 aliphatic rings. The van der Waals surface area contributed by atoms with Gasteiger partial charge in [0, 0.05) is 30.0 Å². The number of benzene rings is 1. The number of carbonyl (C=O) groups is 1. The summed E-state index contributed by atoms with van der Waals surface area (Å²) in [5.41, 5.74) is -0.0118. The monoisotopic (exact) mass is 456 g/mol. The molecule has 3 atom stereocenters. The summed E-state index contributed by atoms with van der Waals surface area (Å²) in [5.74, 6) is -0.463. The molecule has 4 heterocycles. The Bertz CT molecular complexity index is 1170. The first-order valence-electron chi connectivity index (χ1n) is 10.7. The Labute approximate surface area is 187 Å². The third-order valence-electron chi connectivity index (χ3n) is 6.36. The number of amides is 1. The van der Waals surface area contributed by atoms with Crippen molar-refractivity contribution in [3.8, 4) is 11.3 Å². The van der Waals surface area contributed by atoms with Crippen molar-refractivity contribution >= 4 is 11.7 Å². The summed E-state index contributed by atoms with van der Waals surface area (Å²) >= 11 is 0. The van der Waals surface area contributed by atoms with Gasteiger partial charge < -0.3 is 10.2 Å². The van der Waals surface area contributed by atoms with Gasteiger partial charge >= 0.3 is 6.18 Å². The standard InChI is InChI=1S/C24H20F4N4O/c25-17-5-3-4-16(22(17)18-6-1-2-11-29-18)23(33)32-15-8-9-20(32)19(12-15)31-21-10-7-14(13-30-21)24(26,27)28/h1-7,10-11,13,15,19-20H,8-9,12H2,(H,30,31)/t15-,19-,20+/m1/s1. The van der Waals surface area contributed by atoms with Crippen molar-refractivity contribution in [3.63, 3.8) is 0 Å². The van der Waals surface area contributed by atoms with Crippen LogP contribution >= 0.6 is 0 Å². The lowest BCUT2D eigenvalue weighted by Crippen LogP contribution is -2.40. The lowest BCUT2D eigenvalue weighted by Gasteiger charge is -2.26. The number of nitrogens with one attached hydrogen (secondary N) is 1. The van der Waals surface area contributed by atoms with Crippen LogP contribution in [0.3, 0.4) is 0 Å². The molecule has 0 unspecified atom stereocenters. The van der Waals surface area contributed by atoms with E-state index in [1.807, 2.05) is 0 Å². The zero-order chi connectivity index (χ0) is 23.2. The van der Waals surface area contributed by atoms with Gasteiger partial charge in [-0.15, -0.1) is 0 Å². The van der Waals surface area contributed by atoms with E-state index in [4.69, 9.17) is 0 Å². The molecule has 0 saturated carbocycles. The molecule has 2 fully saturated rings. The number of halogens is 4. The fourth-order valence-corrected chi connectivity index (χ4v) is 4.91. The molecule has 0 spiro atoms. The number of alkyl halides is 3. The van der Waals surface area contributed by atoms with Crippen LogP contribution in [0.15, 0.2) is 60.9 Å². The molecule has 2 aromatic heterocycles. The summed E-state index contributed by atoms with van der Waals surface area (Å²) in [5, 5.41) is 3.19. The maximum atomic E-state index is 14.8. The molecule has 170 valence electrons. The van der Waals surface area contributed by atoms with Gasteiger partial charge in [0.25, 0.3) is 5.91 Å². The first-order valence-corrected chi connectivity index (χ1v) is 10.7. The van der Waals surface area contributed by atoms with Crippen LogP contribution in [0.1, 0.15) is 35.2 Å². The summed E-state index contributed by atoms with van der Waals surface area (Å²) in [7, 11) is 0. The zero-order valence-electron chi connectivity index (χ0n) is 17.4. The van der Waals surface area contributed by atoms with E-state index in [-0.39, 0.29) is 35.2 Å². The van der Waals surface area contributed by atoms with Gasteiger partial charge in [0.1, 0.15) is 11.6 Å². The van der Waals surface area contributed by atoms with Crippen molar-refractivity contribution in [2.45, 2.75) is 43.6 Å². The van der Waals surface area contributed by atoms with Crippen molar-refractivity contribution in [1.29, 1.82) is 0 Å². The average Bonchev–Trinajstić information content (AvgIpc) is 3.36. The van der Waals surface area contributed by atoms with Gasteiger partial charge in [0.2, 0.25) is 0 Å². The van der Waals surface area contributed by atoms with Gasteiger partial charge in [0.05, 0.1) is 22.9 Å². The van der Waals surface area contributed by atoms with Gasteiger partial charge in [-0.2, -0.15) is 13.2 Å². The van der Waals surface area contributed by atoms with Crippen molar-refractivity contribution < 1.29 is 22.4 Å². The third kappa shape index (κ3) is 3.92. The van der Waals surface area contributed by atoms with Crippen molar-refractivity contribution in [2.24, 2.45) is 0 Å². The normalized spacial score (nSPS) is 21.9. The molecule has 0 radical (unpaired) electrons. The van der Waals surface area contributed by atoms with E-state index in [1.54, 1.807) is 35.4 Å². The number of hydrogen-bond donors (Lipinski definition) is 1. The van der Waals surface area contributed by atoms with E-state index in [1.165, 1.54) is 18.2 Å². The molecular formula is C24H20F4N4O. The van der Waals surface area contributed by atoms with Crippen LogP contribution in [-0.2, 0) is 6.18 Å². The van der Waals surface area contributed by atoms with Crippen LogP contribution in [-0.4, -0.2) is 38.9 Å². The number of carbonyl (C=O) groups excluding carboxylic acids is 1. The van der Waals surface area contributed by atoms with E-state index in [0.29, 0.717) is 17.9 Å². The Morgan fingerprint density at radius 2 is 1.88 bits per heavy atom. The smallest absolute Gasteiger partial charge is 0.365 e. The second-order valence-corrected chi connectivity index (χ2v) is 8.30. The minimum Gasteiger partial charge on any atom is -0.365 e. The first kappa shape index (κ1) is 21.4. The highest BCUT2D eigenvalue weighted by atomic mass is 19.4. The predicted molar refractivity (Wildman–Crippen MR) is 114 cm³/mol. The Balaban J connectivity index is 1.39. The predicted octanol–water partition coefficient (Wildman–Crippen LogP) is 5.16. The van der Waals surface area contributed by atoms with E-state index in [2.05, 4.69) is 15.3 Å². The molecule has 3 aromatic rings. The summed E-state index contributed by atoms with van der Waals surface area (Å²) in [4.78, 5) is 23.5. The SMILES string of the molecule is O=C(c1cccc(F)c1-c1ccccn1)N1[C@@H]2CC[C@H]1[C@H](Nc1ccc(C(F)(F)F)cn1)C2. The van der Waals surface area contributed by atoms with Gasteiger partial charge in [-0.1, -0.05) is 12.1 Å². The Morgan fingerprint density at radius 3 is 2.58 bits per heavy atom. The van der Waals surface area contributed by atoms with Crippen molar-refractivity contribution in [2.75, 3.05) is 5.32 Å². The Hall–Kier alpha value is -3.49. The molecule has 1 N–H and O–H groups in total. The molecule has 5 nitrogen and oxygen atoms in total. The van der Waals surface area contributed by atoms with Crippen LogP contribution in [0.4, 0.5) is 23.4 Å². The largest absolute Gasteiger partial charge is 0.417 e. The molecule has 5 rings (SSSR count). The van der Waals surface area contributed by atoms with Gasteiger partial charge in [0.15, 0.2) is 0 Å². The van der Waals surface area contributed by atoms with Crippen LogP contribution in [0.25, 0.3) is 11.3 Å². The van der Waals surface area contributed by atoms with Crippen LogP contribution in [0.5, 0.6) is 0 Å². The summed E-state index contributed by atoms with van der Waals surface area (Å²) in [6.45, 7) is 0. The lowest BCUT2D eigenvalue weighted by molar-refractivity contribution is -0.137. The second kappa shape index (κ2) is 8.13. The van der Waals surface area contributed by atoms with Gasteiger partial charge in [-0.05, 0) is 55.7 Å². The number of hydrogen-bond acceptors (Lipinski definition) is 4. The number of anilines is 1. The minimum atomic E-state index is -4.45. The minimum absolute atomic E-state index is 0.0331. The molecule has 9 heteroatoms. The van der Waals surface area contributed by atoms with Gasteiger partial charge in [-0.25, -0.2) is 9.37 Å². The van der Waals surface area contributed by atoms with Crippen LogP contribution in [0, 0.1) is 5.82 Å². The highest BCUT2D eigenvalue weighted by Gasteiger charge is 2.49. The topological polar surface area (TPSA) is 58.1 Å². The number of rotatable bonds is 4.